The summed E-state index contributed by atoms with van der Waals surface area (Å²) >= 11 is 5.52. The molecular weight excluding hydrogens is 176 g/mol. The normalized spacial score (nSPS) is 17.4. The van der Waals surface area contributed by atoms with Crippen molar-refractivity contribution in [1.29, 1.82) is 0 Å². The SMILES string of the molecule is O=c1[nH]c(Cl)ncc1C1CCC1. The van der Waals surface area contributed by atoms with Gasteiger partial charge in [0.15, 0.2) is 0 Å². The van der Waals surface area contributed by atoms with E-state index in [4.69, 9.17) is 11.6 Å². The van der Waals surface area contributed by atoms with Crippen LogP contribution < -0.4 is 5.56 Å². The maximum Gasteiger partial charge on any atom is 0.255 e. The number of hydrogen-bond donors (Lipinski definition) is 1. The van der Waals surface area contributed by atoms with Gasteiger partial charge >= 0.3 is 0 Å². The van der Waals surface area contributed by atoms with Crippen molar-refractivity contribution in [2.45, 2.75) is 25.2 Å². The van der Waals surface area contributed by atoms with Crippen LogP contribution in [0.5, 0.6) is 0 Å². The molecule has 2 rings (SSSR count). The molecule has 3 nitrogen and oxygen atoms in total. The van der Waals surface area contributed by atoms with Crippen LogP contribution in [0, 0.1) is 0 Å². The van der Waals surface area contributed by atoms with E-state index in [0.29, 0.717) is 5.92 Å². The van der Waals surface area contributed by atoms with Gasteiger partial charge in [-0.15, -0.1) is 0 Å². The van der Waals surface area contributed by atoms with Crippen molar-refractivity contribution in [3.05, 3.63) is 27.4 Å². The molecule has 1 saturated carbocycles. The number of aromatic amines is 1. The average Bonchev–Trinajstić information content (AvgIpc) is 1.91. The number of halogens is 1. The van der Waals surface area contributed by atoms with Gasteiger partial charge in [0.05, 0.1) is 0 Å². The van der Waals surface area contributed by atoms with Gasteiger partial charge in [-0.1, -0.05) is 6.42 Å². The first-order valence-corrected chi connectivity index (χ1v) is 4.40. The lowest BCUT2D eigenvalue weighted by Gasteiger charge is -2.24. The highest BCUT2D eigenvalue weighted by Crippen LogP contribution is 2.34. The van der Waals surface area contributed by atoms with Gasteiger partial charge in [-0.3, -0.25) is 9.78 Å². The molecule has 1 aliphatic carbocycles. The van der Waals surface area contributed by atoms with E-state index in [1.165, 1.54) is 6.42 Å². The van der Waals surface area contributed by atoms with Crippen molar-refractivity contribution < 1.29 is 0 Å². The third-order valence-corrected chi connectivity index (χ3v) is 2.53. The Bertz CT molecular complexity index is 343. The molecule has 64 valence electrons. The third kappa shape index (κ3) is 1.25. The van der Waals surface area contributed by atoms with Gasteiger partial charge in [0.1, 0.15) is 0 Å². The van der Waals surface area contributed by atoms with Crippen molar-refractivity contribution in [2.75, 3.05) is 0 Å². The van der Waals surface area contributed by atoms with Crippen LogP contribution in [0.25, 0.3) is 0 Å². The molecule has 0 bridgehead atoms. The maximum atomic E-state index is 11.3. The Kier molecular flexibility index (Phi) is 1.89. The first kappa shape index (κ1) is 7.80. The van der Waals surface area contributed by atoms with Crippen LogP contribution in [0.15, 0.2) is 11.0 Å². The van der Waals surface area contributed by atoms with Crippen LogP contribution in [0.4, 0.5) is 0 Å². The Labute approximate surface area is 74.8 Å². The van der Waals surface area contributed by atoms with Crippen LogP contribution in [0.1, 0.15) is 30.7 Å². The first-order valence-electron chi connectivity index (χ1n) is 4.02. The quantitative estimate of drug-likeness (QED) is 0.676. The molecule has 1 N–H and O–H groups in total. The van der Waals surface area contributed by atoms with E-state index in [1.54, 1.807) is 6.20 Å². The van der Waals surface area contributed by atoms with Crippen molar-refractivity contribution in [1.82, 2.24) is 9.97 Å². The summed E-state index contributed by atoms with van der Waals surface area (Å²) in [5.41, 5.74) is 0.699. The third-order valence-electron chi connectivity index (χ3n) is 2.34. The zero-order valence-electron chi connectivity index (χ0n) is 6.51. The second-order valence-corrected chi connectivity index (χ2v) is 3.44. The topological polar surface area (TPSA) is 45.8 Å². The lowest BCUT2D eigenvalue weighted by molar-refractivity contribution is 0.415. The first-order chi connectivity index (χ1) is 5.77. The minimum Gasteiger partial charge on any atom is -0.297 e. The Balaban J connectivity index is 2.37. The smallest absolute Gasteiger partial charge is 0.255 e. The second kappa shape index (κ2) is 2.90. The van der Waals surface area contributed by atoms with E-state index in [9.17, 15) is 4.79 Å². The molecule has 1 aromatic heterocycles. The monoisotopic (exact) mass is 184 g/mol. The predicted octanol–water partition coefficient (Wildman–Crippen LogP) is 1.69. The van der Waals surface area contributed by atoms with Crippen LogP contribution in [-0.4, -0.2) is 9.97 Å². The van der Waals surface area contributed by atoms with Gasteiger partial charge in [0.25, 0.3) is 5.56 Å². The number of H-pyrrole nitrogens is 1. The fourth-order valence-corrected chi connectivity index (χ4v) is 1.53. The largest absolute Gasteiger partial charge is 0.297 e. The molecule has 0 unspecified atom stereocenters. The molecule has 0 aromatic carbocycles. The van der Waals surface area contributed by atoms with E-state index in [1.807, 2.05) is 0 Å². The Morgan fingerprint density at radius 3 is 2.83 bits per heavy atom. The molecule has 1 aromatic rings. The summed E-state index contributed by atoms with van der Waals surface area (Å²) in [5, 5.41) is 0.170. The number of nitrogens with one attached hydrogen (secondary N) is 1. The molecule has 12 heavy (non-hydrogen) atoms. The van der Waals surface area contributed by atoms with Crippen molar-refractivity contribution in [3.63, 3.8) is 0 Å². The van der Waals surface area contributed by atoms with Crippen LogP contribution in [0.3, 0.4) is 0 Å². The summed E-state index contributed by atoms with van der Waals surface area (Å²) in [6.45, 7) is 0. The minimum absolute atomic E-state index is 0.0836. The molecule has 0 spiro atoms. The fraction of sp³-hybridized carbons (Fsp3) is 0.500. The summed E-state index contributed by atoms with van der Waals surface area (Å²) in [5.74, 6) is 0.415. The molecule has 0 aliphatic heterocycles. The number of hydrogen-bond acceptors (Lipinski definition) is 2. The standard InChI is InChI=1S/C8H9ClN2O/c9-8-10-4-6(7(12)11-8)5-2-1-3-5/h4-5H,1-3H2,(H,10,11,12). The van der Waals surface area contributed by atoms with Gasteiger partial charge in [-0.25, -0.2) is 4.98 Å². The summed E-state index contributed by atoms with van der Waals surface area (Å²) in [4.78, 5) is 17.6. The lowest BCUT2D eigenvalue weighted by Crippen LogP contribution is -2.21. The molecule has 1 aliphatic rings. The van der Waals surface area contributed by atoms with Gasteiger partial charge in [0.2, 0.25) is 5.28 Å². The lowest BCUT2D eigenvalue weighted by atomic mass is 9.81. The average molecular weight is 185 g/mol. The highest BCUT2D eigenvalue weighted by atomic mass is 35.5. The highest BCUT2D eigenvalue weighted by molar-refractivity contribution is 6.28. The minimum atomic E-state index is -0.0836. The van der Waals surface area contributed by atoms with E-state index < -0.39 is 0 Å². The molecule has 4 heteroatoms. The van der Waals surface area contributed by atoms with Gasteiger partial charge in [0, 0.05) is 11.8 Å². The predicted molar refractivity (Wildman–Crippen MR) is 46.5 cm³/mol. The summed E-state index contributed by atoms with van der Waals surface area (Å²) in [7, 11) is 0. The summed E-state index contributed by atoms with van der Waals surface area (Å²) < 4.78 is 0. The van der Waals surface area contributed by atoms with Gasteiger partial charge in [-0.05, 0) is 30.4 Å². The molecule has 1 heterocycles. The number of aromatic nitrogens is 2. The zero-order chi connectivity index (χ0) is 8.55. The van der Waals surface area contributed by atoms with Crippen LogP contribution in [0.2, 0.25) is 5.28 Å². The molecule has 0 amide bonds. The Morgan fingerprint density at radius 2 is 2.33 bits per heavy atom. The van der Waals surface area contributed by atoms with Crippen LogP contribution >= 0.6 is 11.6 Å². The van der Waals surface area contributed by atoms with E-state index in [0.717, 1.165) is 18.4 Å². The van der Waals surface area contributed by atoms with Gasteiger partial charge in [-0.2, -0.15) is 0 Å². The number of rotatable bonds is 1. The van der Waals surface area contributed by atoms with E-state index >= 15 is 0 Å². The Morgan fingerprint density at radius 1 is 1.58 bits per heavy atom. The van der Waals surface area contributed by atoms with Gasteiger partial charge < -0.3 is 0 Å². The number of nitrogens with zero attached hydrogens (tertiary/aromatic N) is 1. The maximum absolute atomic E-state index is 11.3. The molecular formula is C8H9ClN2O. The molecule has 1 fully saturated rings. The summed E-state index contributed by atoms with van der Waals surface area (Å²) in [6.07, 6.45) is 5.01. The Hall–Kier alpha value is -0.830. The summed E-state index contributed by atoms with van der Waals surface area (Å²) in [6, 6.07) is 0. The van der Waals surface area contributed by atoms with E-state index in [-0.39, 0.29) is 10.8 Å². The second-order valence-electron chi connectivity index (χ2n) is 3.09. The zero-order valence-corrected chi connectivity index (χ0v) is 7.27. The van der Waals surface area contributed by atoms with Crippen LogP contribution in [-0.2, 0) is 0 Å². The fourth-order valence-electron chi connectivity index (χ4n) is 1.39. The highest BCUT2D eigenvalue weighted by Gasteiger charge is 2.22. The van der Waals surface area contributed by atoms with Crippen molar-refractivity contribution in [3.8, 4) is 0 Å². The molecule has 0 radical (unpaired) electrons. The van der Waals surface area contributed by atoms with Crippen molar-refractivity contribution >= 4 is 11.6 Å². The van der Waals surface area contributed by atoms with Crippen molar-refractivity contribution in [2.24, 2.45) is 0 Å². The molecule has 0 saturated heterocycles. The molecule has 0 atom stereocenters. The van der Waals surface area contributed by atoms with E-state index in [2.05, 4.69) is 9.97 Å².